The van der Waals surface area contributed by atoms with E-state index in [0.717, 1.165) is 25.1 Å². The second-order valence-electron chi connectivity index (χ2n) is 4.13. The van der Waals surface area contributed by atoms with Crippen LogP contribution in [0.4, 0.5) is 0 Å². The SMILES string of the molecule is COC(=O)c1ccc(CNCCCCC(N)=O)nc1. The number of nitrogens with one attached hydrogen (secondary N) is 1. The summed E-state index contributed by atoms with van der Waals surface area (Å²) in [4.78, 5) is 25.9. The molecular formula is C13H19N3O3. The van der Waals surface area contributed by atoms with Crippen molar-refractivity contribution in [2.24, 2.45) is 5.73 Å². The predicted octanol–water partition coefficient (Wildman–Crippen LogP) is 0.613. The van der Waals surface area contributed by atoms with Crippen molar-refractivity contribution in [2.45, 2.75) is 25.8 Å². The molecule has 6 nitrogen and oxygen atoms in total. The number of methoxy groups -OCH3 is 1. The van der Waals surface area contributed by atoms with Crippen LogP contribution in [0.5, 0.6) is 0 Å². The largest absolute Gasteiger partial charge is 0.465 e. The van der Waals surface area contributed by atoms with Crippen LogP contribution in [-0.2, 0) is 16.1 Å². The molecule has 1 heterocycles. The van der Waals surface area contributed by atoms with Crippen molar-refractivity contribution in [3.63, 3.8) is 0 Å². The standard InChI is InChI=1S/C13H19N3O3/c1-19-13(18)10-5-6-11(16-8-10)9-15-7-3-2-4-12(14)17/h5-6,8,15H,2-4,7,9H2,1H3,(H2,14,17). The lowest BCUT2D eigenvalue weighted by atomic mass is 10.2. The fraction of sp³-hybridized carbons (Fsp3) is 0.462. The van der Waals surface area contributed by atoms with Gasteiger partial charge in [0, 0.05) is 19.2 Å². The Hall–Kier alpha value is -1.95. The first-order valence-electron chi connectivity index (χ1n) is 6.15. The molecule has 0 aliphatic heterocycles. The van der Waals surface area contributed by atoms with E-state index in [1.165, 1.54) is 13.3 Å². The maximum atomic E-state index is 11.2. The number of esters is 1. The highest BCUT2D eigenvalue weighted by atomic mass is 16.5. The van der Waals surface area contributed by atoms with Crippen LogP contribution >= 0.6 is 0 Å². The lowest BCUT2D eigenvalue weighted by Crippen LogP contribution is -2.17. The highest BCUT2D eigenvalue weighted by Gasteiger charge is 2.04. The van der Waals surface area contributed by atoms with Crippen LogP contribution in [0.15, 0.2) is 18.3 Å². The molecule has 1 rings (SSSR count). The molecule has 3 N–H and O–H groups in total. The van der Waals surface area contributed by atoms with Crippen LogP contribution < -0.4 is 11.1 Å². The van der Waals surface area contributed by atoms with Gasteiger partial charge in [0.1, 0.15) is 0 Å². The van der Waals surface area contributed by atoms with E-state index in [0.29, 0.717) is 18.5 Å². The summed E-state index contributed by atoms with van der Waals surface area (Å²) in [7, 11) is 1.34. The number of amides is 1. The van der Waals surface area contributed by atoms with Crippen LogP contribution in [0.1, 0.15) is 35.3 Å². The summed E-state index contributed by atoms with van der Waals surface area (Å²) in [6.45, 7) is 1.42. The van der Waals surface area contributed by atoms with E-state index in [4.69, 9.17) is 5.73 Å². The number of nitrogens with zero attached hydrogens (tertiary/aromatic N) is 1. The zero-order chi connectivity index (χ0) is 14.1. The Kier molecular flexibility index (Phi) is 6.52. The zero-order valence-corrected chi connectivity index (χ0v) is 11.0. The summed E-state index contributed by atoms with van der Waals surface area (Å²) in [6.07, 6.45) is 3.60. The molecule has 0 spiro atoms. The average Bonchev–Trinajstić information content (AvgIpc) is 2.42. The Labute approximate surface area is 112 Å². The van der Waals surface area contributed by atoms with Crippen LogP contribution in [0.25, 0.3) is 0 Å². The number of carbonyl (C=O) groups excluding carboxylic acids is 2. The highest BCUT2D eigenvalue weighted by molar-refractivity contribution is 5.88. The maximum Gasteiger partial charge on any atom is 0.339 e. The predicted molar refractivity (Wildman–Crippen MR) is 70.3 cm³/mol. The van der Waals surface area contributed by atoms with Gasteiger partial charge in [-0.25, -0.2) is 4.79 Å². The number of nitrogens with two attached hydrogens (primary N) is 1. The molecule has 0 saturated heterocycles. The molecule has 1 amide bonds. The first kappa shape index (κ1) is 15.1. The second-order valence-corrected chi connectivity index (χ2v) is 4.13. The van der Waals surface area contributed by atoms with Crippen molar-refractivity contribution < 1.29 is 14.3 Å². The minimum absolute atomic E-state index is 0.264. The summed E-state index contributed by atoms with van der Waals surface area (Å²) in [5.74, 6) is -0.654. The van der Waals surface area contributed by atoms with E-state index in [-0.39, 0.29) is 5.91 Å². The number of pyridine rings is 1. The maximum absolute atomic E-state index is 11.2. The zero-order valence-electron chi connectivity index (χ0n) is 11.0. The number of unbranched alkanes of at least 4 members (excludes halogenated alkanes) is 1. The fourth-order valence-electron chi connectivity index (χ4n) is 1.53. The van der Waals surface area contributed by atoms with E-state index in [1.807, 2.05) is 0 Å². The summed E-state index contributed by atoms with van der Waals surface area (Å²) in [6, 6.07) is 3.46. The third kappa shape index (κ3) is 5.96. The van der Waals surface area contributed by atoms with Gasteiger partial charge in [-0.1, -0.05) is 0 Å². The first-order valence-corrected chi connectivity index (χ1v) is 6.15. The van der Waals surface area contributed by atoms with Gasteiger partial charge in [0.05, 0.1) is 18.4 Å². The smallest absolute Gasteiger partial charge is 0.339 e. The van der Waals surface area contributed by atoms with E-state index in [9.17, 15) is 9.59 Å². The van der Waals surface area contributed by atoms with Crippen molar-refractivity contribution in [3.8, 4) is 0 Å². The first-order chi connectivity index (χ1) is 9.13. The van der Waals surface area contributed by atoms with Gasteiger partial charge in [0.15, 0.2) is 0 Å². The van der Waals surface area contributed by atoms with Gasteiger partial charge in [-0.15, -0.1) is 0 Å². The molecule has 0 aliphatic carbocycles. The molecule has 19 heavy (non-hydrogen) atoms. The number of hydrogen-bond acceptors (Lipinski definition) is 5. The van der Waals surface area contributed by atoms with Crippen molar-refractivity contribution in [1.82, 2.24) is 10.3 Å². The number of carbonyl (C=O) groups is 2. The topological polar surface area (TPSA) is 94.3 Å². The minimum atomic E-state index is -0.390. The van der Waals surface area contributed by atoms with Crippen LogP contribution in [0.2, 0.25) is 0 Å². The van der Waals surface area contributed by atoms with Crippen LogP contribution in [-0.4, -0.2) is 30.5 Å². The lowest BCUT2D eigenvalue weighted by molar-refractivity contribution is -0.118. The molecule has 104 valence electrons. The average molecular weight is 265 g/mol. The molecule has 1 aromatic rings. The summed E-state index contributed by atoms with van der Waals surface area (Å²) in [5.41, 5.74) is 6.33. The van der Waals surface area contributed by atoms with Gasteiger partial charge in [-0.2, -0.15) is 0 Å². The molecule has 6 heteroatoms. The molecule has 0 unspecified atom stereocenters. The van der Waals surface area contributed by atoms with Gasteiger partial charge >= 0.3 is 5.97 Å². The number of rotatable bonds is 8. The summed E-state index contributed by atoms with van der Waals surface area (Å²) in [5, 5.41) is 3.21. The third-order valence-corrected chi connectivity index (χ3v) is 2.58. The van der Waals surface area contributed by atoms with Crippen LogP contribution in [0.3, 0.4) is 0 Å². The van der Waals surface area contributed by atoms with E-state index in [1.54, 1.807) is 12.1 Å². The summed E-state index contributed by atoms with van der Waals surface area (Å²) >= 11 is 0. The molecule has 0 atom stereocenters. The van der Waals surface area contributed by atoms with Crippen LogP contribution in [0, 0.1) is 0 Å². The summed E-state index contributed by atoms with van der Waals surface area (Å²) < 4.78 is 4.59. The van der Waals surface area contributed by atoms with E-state index in [2.05, 4.69) is 15.0 Å². The Morgan fingerprint density at radius 2 is 2.16 bits per heavy atom. The van der Waals surface area contributed by atoms with E-state index >= 15 is 0 Å². The number of hydrogen-bond donors (Lipinski definition) is 2. The molecule has 0 bridgehead atoms. The van der Waals surface area contributed by atoms with Crippen molar-refractivity contribution in [1.29, 1.82) is 0 Å². The number of primary amides is 1. The molecule has 0 saturated carbocycles. The van der Waals surface area contributed by atoms with Gasteiger partial charge < -0.3 is 15.8 Å². The van der Waals surface area contributed by atoms with Gasteiger partial charge in [0.25, 0.3) is 0 Å². The molecule has 1 aromatic heterocycles. The second kappa shape index (κ2) is 8.20. The number of ether oxygens (including phenoxy) is 1. The van der Waals surface area contributed by atoms with Crippen molar-refractivity contribution in [3.05, 3.63) is 29.6 Å². The van der Waals surface area contributed by atoms with E-state index < -0.39 is 5.97 Å². The third-order valence-electron chi connectivity index (χ3n) is 2.58. The molecule has 0 aromatic carbocycles. The fourth-order valence-corrected chi connectivity index (χ4v) is 1.53. The Morgan fingerprint density at radius 1 is 1.37 bits per heavy atom. The molecule has 0 fully saturated rings. The number of aromatic nitrogens is 1. The molecule has 0 aliphatic rings. The van der Waals surface area contributed by atoms with Crippen molar-refractivity contribution in [2.75, 3.05) is 13.7 Å². The Balaban J connectivity index is 2.23. The van der Waals surface area contributed by atoms with Gasteiger partial charge in [-0.3, -0.25) is 9.78 Å². The van der Waals surface area contributed by atoms with Gasteiger partial charge in [-0.05, 0) is 31.5 Å². The normalized spacial score (nSPS) is 10.2. The Morgan fingerprint density at radius 3 is 2.74 bits per heavy atom. The molecular weight excluding hydrogens is 246 g/mol. The quantitative estimate of drug-likeness (QED) is 0.530. The lowest BCUT2D eigenvalue weighted by Gasteiger charge is -2.04. The molecule has 0 radical (unpaired) electrons. The van der Waals surface area contributed by atoms with Gasteiger partial charge in [0.2, 0.25) is 5.91 Å². The van der Waals surface area contributed by atoms with Crippen molar-refractivity contribution >= 4 is 11.9 Å². The monoisotopic (exact) mass is 265 g/mol. The minimum Gasteiger partial charge on any atom is -0.465 e. The Bertz CT molecular complexity index is 418. The highest BCUT2D eigenvalue weighted by Crippen LogP contribution is 2.02.